The number of nitrogens with zero attached hydrogens (tertiary/aromatic N) is 1. The van der Waals surface area contributed by atoms with Crippen LogP contribution in [0.4, 0.5) is 0 Å². The first-order chi connectivity index (χ1) is 8.53. The Labute approximate surface area is 107 Å². The molecule has 3 aliphatic rings. The summed E-state index contributed by atoms with van der Waals surface area (Å²) >= 11 is 0. The van der Waals surface area contributed by atoms with Gasteiger partial charge in [0, 0.05) is 0 Å². The van der Waals surface area contributed by atoms with Crippen molar-refractivity contribution in [1.29, 1.82) is 0 Å². The Bertz CT molecular complexity index is 398. The number of piperazine rings is 1. The van der Waals surface area contributed by atoms with Crippen molar-refractivity contribution in [3.05, 3.63) is 0 Å². The van der Waals surface area contributed by atoms with Crippen LogP contribution in [0.25, 0.3) is 0 Å². The van der Waals surface area contributed by atoms with Crippen LogP contribution in [0.15, 0.2) is 0 Å². The molecule has 100 valence electrons. The first kappa shape index (κ1) is 12.0. The maximum atomic E-state index is 12.5. The summed E-state index contributed by atoms with van der Waals surface area (Å²) in [7, 11) is 0. The topological polar surface area (TPSA) is 58.6 Å². The molecule has 0 aromatic carbocycles. The lowest BCUT2D eigenvalue weighted by molar-refractivity contribution is -0.152. The van der Waals surface area contributed by atoms with Crippen molar-refractivity contribution in [3.8, 4) is 0 Å². The van der Waals surface area contributed by atoms with Crippen LogP contribution in [-0.2, 0) is 14.3 Å². The lowest BCUT2D eigenvalue weighted by Gasteiger charge is -2.43. The van der Waals surface area contributed by atoms with Crippen LogP contribution >= 0.6 is 0 Å². The SMILES string of the molecule is CCC1(C)NC(=O)CN(C2CC3CCC2O3)C1=O. The van der Waals surface area contributed by atoms with Gasteiger partial charge in [-0.05, 0) is 32.6 Å². The molecule has 0 aliphatic carbocycles. The molecule has 0 aromatic heterocycles. The summed E-state index contributed by atoms with van der Waals surface area (Å²) in [6.45, 7) is 3.93. The summed E-state index contributed by atoms with van der Waals surface area (Å²) in [6, 6.07) is 0.105. The van der Waals surface area contributed by atoms with E-state index < -0.39 is 5.54 Å². The van der Waals surface area contributed by atoms with Gasteiger partial charge < -0.3 is 15.0 Å². The number of nitrogens with one attached hydrogen (secondary N) is 1. The number of ether oxygens (including phenoxy) is 1. The van der Waals surface area contributed by atoms with Gasteiger partial charge in [0.25, 0.3) is 0 Å². The van der Waals surface area contributed by atoms with Crippen molar-refractivity contribution < 1.29 is 14.3 Å². The highest BCUT2D eigenvalue weighted by Gasteiger charge is 2.50. The molecule has 3 rings (SSSR count). The standard InChI is InChI=1S/C13H20N2O3/c1-3-13(2)12(17)15(7-11(16)14-13)9-6-8-4-5-10(9)18-8/h8-10H,3-7H2,1-2H3,(H,14,16). The van der Waals surface area contributed by atoms with Crippen molar-refractivity contribution in [2.45, 2.75) is 63.3 Å². The minimum absolute atomic E-state index is 0.0470. The summed E-state index contributed by atoms with van der Waals surface area (Å²) in [4.78, 5) is 26.1. The third-order valence-electron chi connectivity index (χ3n) is 4.64. The van der Waals surface area contributed by atoms with Gasteiger partial charge in [0.05, 0.1) is 18.2 Å². The summed E-state index contributed by atoms with van der Waals surface area (Å²) in [5, 5.41) is 2.82. The molecule has 4 atom stereocenters. The Morgan fingerprint density at radius 3 is 2.78 bits per heavy atom. The Balaban J connectivity index is 1.83. The van der Waals surface area contributed by atoms with E-state index in [0.717, 1.165) is 19.3 Å². The fourth-order valence-electron chi connectivity index (χ4n) is 3.39. The first-order valence-electron chi connectivity index (χ1n) is 6.81. The molecule has 18 heavy (non-hydrogen) atoms. The van der Waals surface area contributed by atoms with Gasteiger partial charge in [0.1, 0.15) is 12.1 Å². The number of carbonyl (C=O) groups excluding carboxylic acids is 2. The van der Waals surface area contributed by atoms with Gasteiger partial charge in [0.15, 0.2) is 0 Å². The molecular weight excluding hydrogens is 232 g/mol. The summed E-state index contributed by atoms with van der Waals surface area (Å²) in [5.41, 5.74) is -0.739. The molecule has 5 heteroatoms. The van der Waals surface area contributed by atoms with Gasteiger partial charge in [-0.15, -0.1) is 0 Å². The van der Waals surface area contributed by atoms with Crippen LogP contribution in [0.5, 0.6) is 0 Å². The smallest absolute Gasteiger partial charge is 0.248 e. The normalized spacial score (nSPS) is 43.4. The van der Waals surface area contributed by atoms with E-state index in [1.54, 1.807) is 4.90 Å². The number of hydrogen-bond donors (Lipinski definition) is 1. The van der Waals surface area contributed by atoms with Crippen molar-refractivity contribution in [2.75, 3.05) is 6.54 Å². The lowest BCUT2D eigenvalue weighted by atomic mass is 9.89. The van der Waals surface area contributed by atoms with E-state index >= 15 is 0 Å². The van der Waals surface area contributed by atoms with Gasteiger partial charge in [-0.2, -0.15) is 0 Å². The van der Waals surface area contributed by atoms with E-state index in [2.05, 4.69) is 5.32 Å². The Morgan fingerprint density at radius 1 is 1.44 bits per heavy atom. The zero-order valence-corrected chi connectivity index (χ0v) is 10.9. The molecule has 2 amide bonds. The van der Waals surface area contributed by atoms with Gasteiger partial charge in [-0.3, -0.25) is 9.59 Å². The van der Waals surface area contributed by atoms with E-state index in [4.69, 9.17) is 4.74 Å². The second kappa shape index (κ2) is 3.95. The predicted octanol–water partition coefficient (Wildman–Crippen LogP) is 0.433. The molecule has 0 radical (unpaired) electrons. The Hall–Kier alpha value is -1.10. The minimum atomic E-state index is -0.739. The van der Waals surface area contributed by atoms with E-state index in [0.29, 0.717) is 12.5 Å². The zero-order chi connectivity index (χ0) is 12.9. The van der Waals surface area contributed by atoms with Crippen molar-refractivity contribution in [3.63, 3.8) is 0 Å². The Morgan fingerprint density at radius 2 is 2.22 bits per heavy atom. The number of rotatable bonds is 2. The van der Waals surface area contributed by atoms with Crippen LogP contribution in [0, 0.1) is 0 Å². The third kappa shape index (κ3) is 1.64. The van der Waals surface area contributed by atoms with E-state index in [9.17, 15) is 9.59 Å². The highest BCUT2D eigenvalue weighted by atomic mass is 16.5. The number of carbonyl (C=O) groups is 2. The van der Waals surface area contributed by atoms with Gasteiger partial charge >= 0.3 is 0 Å². The molecule has 1 N–H and O–H groups in total. The van der Waals surface area contributed by atoms with Crippen molar-refractivity contribution in [1.82, 2.24) is 10.2 Å². The molecule has 3 aliphatic heterocycles. The monoisotopic (exact) mass is 252 g/mol. The van der Waals surface area contributed by atoms with Crippen LogP contribution in [-0.4, -0.2) is 47.0 Å². The Kier molecular flexibility index (Phi) is 2.62. The van der Waals surface area contributed by atoms with Crippen molar-refractivity contribution >= 4 is 11.8 Å². The molecular formula is C13H20N2O3. The number of fused-ring (bicyclic) bond motifs is 2. The maximum Gasteiger partial charge on any atom is 0.248 e. The lowest BCUT2D eigenvalue weighted by Crippen LogP contribution is -2.67. The predicted molar refractivity (Wildman–Crippen MR) is 64.9 cm³/mol. The fraction of sp³-hybridized carbons (Fsp3) is 0.846. The molecule has 5 nitrogen and oxygen atoms in total. The highest BCUT2D eigenvalue weighted by Crippen LogP contribution is 2.38. The average Bonchev–Trinajstić information content (AvgIpc) is 2.95. The van der Waals surface area contributed by atoms with E-state index in [1.165, 1.54) is 0 Å². The summed E-state index contributed by atoms with van der Waals surface area (Å²) < 4.78 is 5.80. The first-order valence-corrected chi connectivity index (χ1v) is 6.81. The largest absolute Gasteiger partial charge is 0.373 e. The van der Waals surface area contributed by atoms with Crippen molar-refractivity contribution in [2.24, 2.45) is 0 Å². The molecule has 3 saturated heterocycles. The summed E-state index contributed by atoms with van der Waals surface area (Å²) in [6.07, 6.45) is 4.07. The van der Waals surface area contributed by atoms with Gasteiger partial charge in [-0.25, -0.2) is 0 Å². The van der Waals surface area contributed by atoms with Gasteiger partial charge in [0.2, 0.25) is 11.8 Å². The third-order valence-corrected chi connectivity index (χ3v) is 4.64. The fourth-order valence-corrected chi connectivity index (χ4v) is 3.39. The van der Waals surface area contributed by atoms with Crippen LogP contribution in [0.2, 0.25) is 0 Å². The molecule has 3 fully saturated rings. The van der Waals surface area contributed by atoms with Gasteiger partial charge in [-0.1, -0.05) is 6.92 Å². The maximum absolute atomic E-state index is 12.5. The molecule has 2 bridgehead atoms. The van der Waals surface area contributed by atoms with Crippen LogP contribution in [0.1, 0.15) is 39.5 Å². The zero-order valence-electron chi connectivity index (χ0n) is 10.9. The molecule has 4 unspecified atom stereocenters. The quantitative estimate of drug-likeness (QED) is 0.775. The molecule has 0 saturated carbocycles. The highest BCUT2D eigenvalue weighted by molar-refractivity contribution is 5.97. The molecule has 0 spiro atoms. The van der Waals surface area contributed by atoms with E-state index in [-0.39, 0.29) is 30.5 Å². The molecule has 3 heterocycles. The van der Waals surface area contributed by atoms with E-state index in [1.807, 2.05) is 13.8 Å². The molecule has 0 aromatic rings. The second-order valence-corrected chi connectivity index (χ2v) is 5.84. The minimum Gasteiger partial charge on any atom is -0.373 e. The average molecular weight is 252 g/mol. The number of hydrogen-bond acceptors (Lipinski definition) is 3. The number of amides is 2. The summed E-state index contributed by atoms with van der Waals surface area (Å²) in [5.74, 6) is -0.00697. The van der Waals surface area contributed by atoms with Crippen LogP contribution in [0.3, 0.4) is 0 Å². The van der Waals surface area contributed by atoms with Crippen LogP contribution < -0.4 is 5.32 Å². The second-order valence-electron chi connectivity index (χ2n) is 5.84.